The standard InChI is InChI=1S/C17H29N3O2.HI/c1-5-18-17(19-11-16-10-13(2)22-14(16)3)20(4)8-9-21-12-15-6-7-15;/h10,15H,5-9,11-12H2,1-4H3,(H,18,19);1H. The Morgan fingerprint density at radius 1 is 1.43 bits per heavy atom. The lowest BCUT2D eigenvalue weighted by atomic mass is 10.2. The molecular formula is C17H30IN3O2. The average Bonchev–Trinajstić information content (AvgIpc) is 3.24. The first-order chi connectivity index (χ1) is 10.6. The molecule has 1 N–H and O–H groups in total. The van der Waals surface area contributed by atoms with Crippen molar-refractivity contribution in [1.82, 2.24) is 10.2 Å². The van der Waals surface area contributed by atoms with Gasteiger partial charge >= 0.3 is 0 Å². The van der Waals surface area contributed by atoms with Gasteiger partial charge in [-0.25, -0.2) is 4.99 Å². The molecule has 1 aliphatic rings. The molecule has 6 heteroatoms. The molecule has 5 nitrogen and oxygen atoms in total. The molecule has 0 amide bonds. The Balaban J connectivity index is 0.00000264. The van der Waals surface area contributed by atoms with Gasteiger partial charge in [0.05, 0.1) is 13.2 Å². The van der Waals surface area contributed by atoms with Crippen LogP contribution in [0.3, 0.4) is 0 Å². The molecule has 0 atom stereocenters. The minimum Gasteiger partial charge on any atom is -0.466 e. The number of guanidine groups is 1. The maximum Gasteiger partial charge on any atom is 0.194 e. The van der Waals surface area contributed by atoms with Crippen molar-refractivity contribution in [2.24, 2.45) is 10.9 Å². The summed E-state index contributed by atoms with van der Waals surface area (Å²) in [5, 5.41) is 3.33. The van der Waals surface area contributed by atoms with E-state index in [-0.39, 0.29) is 24.0 Å². The molecule has 1 aromatic heterocycles. The summed E-state index contributed by atoms with van der Waals surface area (Å²) in [4.78, 5) is 6.82. The number of nitrogens with zero attached hydrogens (tertiary/aromatic N) is 2. The summed E-state index contributed by atoms with van der Waals surface area (Å²) >= 11 is 0. The third-order valence-corrected chi connectivity index (χ3v) is 3.86. The van der Waals surface area contributed by atoms with Crippen molar-refractivity contribution in [1.29, 1.82) is 0 Å². The van der Waals surface area contributed by atoms with E-state index in [1.54, 1.807) is 0 Å². The highest BCUT2D eigenvalue weighted by molar-refractivity contribution is 14.0. The van der Waals surface area contributed by atoms with Gasteiger partial charge in [0, 0.05) is 32.3 Å². The maximum atomic E-state index is 5.70. The Morgan fingerprint density at radius 3 is 2.74 bits per heavy atom. The molecule has 23 heavy (non-hydrogen) atoms. The Hall–Kier alpha value is -0.760. The molecule has 0 unspecified atom stereocenters. The van der Waals surface area contributed by atoms with Crippen LogP contribution in [0.25, 0.3) is 0 Å². The van der Waals surface area contributed by atoms with Gasteiger partial charge in [0.2, 0.25) is 0 Å². The Morgan fingerprint density at radius 2 is 2.17 bits per heavy atom. The molecule has 0 bridgehead atoms. The summed E-state index contributed by atoms with van der Waals surface area (Å²) in [6, 6.07) is 2.06. The van der Waals surface area contributed by atoms with Crippen LogP contribution in [0, 0.1) is 19.8 Å². The summed E-state index contributed by atoms with van der Waals surface area (Å²) in [5.74, 6) is 3.62. The zero-order valence-corrected chi connectivity index (χ0v) is 17.1. The van der Waals surface area contributed by atoms with Gasteiger partial charge in [0.15, 0.2) is 5.96 Å². The van der Waals surface area contributed by atoms with E-state index in [2.05, 4.69) is 30.3 Å². The second kappa shape index (κ2) is 10.2. The van der Waals surface area contributed by atoms with Crippen molar-refractivity contribution in [3.8, 4) is 0 Å². The second-order valence-electron chi connectivity index (χ2n) is 6.05. The molecular weight excluding hydrogens is 405 g/mol. The van der Waals surface area contributed by atoms with Gasteiger partial charge in [0.25, 0.3) is 0 Å². The van der Waals surface area contributed by atoms with Gasteiger partial charge in [-0.15, -0.1) is 24.0 Å². The van der Waals surface area contributed by atoms with E-state index < -0.39 is 0 Å². The van der Waals surface area contributed by atoms with E-state index in [0.29, 0.717) is 6.54 Å². The van der Waals surface area contributed by atoms with Crippen molar-refractivity contribution in [3.63, 3.8) is 0 Å². The Labute approximate surface area is 156 Å². The maximum absolute atomic E-state index is 5.70. The highest BCUT2D eigenvalue weighted by Gasteiger charge is 2.21. The Kier molecular flexibility index (Phi) is 8.98. The summed E-state index contributed by atoms with van der Waals surface area (Å²) in [5.41, 5.74) is 1.14. The van der Waals surface area contributed by atoms with Crippen molar-refractivity contribution in [2.45, 2.75) is 40.2 Å². The fourth-order valence-corrected chi connectivity index (χ4v) is 2.31. The van der Waals surface area contributed by atoms with Crippen LogP contribution in [0.2, 0.25) is 0 Å². The molecule has 0 radical (unpaired) electrons. The quantitative estimate of drug-likeness (QED) is 0.295. The highest BCUT2D eigenvalue weighted by Crippen LogP contribution is 2.28. The van der Waals surface area contributed by atoms with Crippen LogP contribution >= 0.6 is 24.0 Å². The fourth-order valence-electron chi connectivity index (χ4n) is 2.31. The van der Waals surface area contributed by atoms with Crippen LogP contribution in [0.1, 0.15) is 36.8 Å². The third-order valence-electron chi connectivity index (χ3n) is 3.86. The predicted molar refractivity (Wildman–Crippen MR) is 105 cm³/mol. The first kappa shape index (κ1) is 20.3. The van der Waals surface area contributed by atoms with E-state index in [1.165, 1.54) is 12.8 Å². The van der Waals surface area contributed by atoms with Gasteiger partial charge in [-0.2, -0.15) is 0 Å². The molecule has 1 fully saturated rings. The lowest BCUT2D eigenvalue weighted by Gasteiger charge is -2.22. The minimum absolute atomic E-state index is 0. The number of aryl methyl sites for hydroxylation is 2. The van der Waals surface area contributed by atoms with Gasteiger partial charge in [-0.1, -0.05) is 0 Å². The number of furan rings is 1. The van der Waals surface area contributed by atoms with Crippen LogP contribution < -0.4 is 5.32 Å². The number of hydrogen-bond acceptors (Lipinski definition) is 3. The number of hydrogen-bond donors (Lipinski definition) is 1. The van der Waals surface area contributed by atoms with Crippen molar-refractivity contribution >= 4 is 29.9 Å². The lowest BCUT2D eigenvalue weighted by Crippen LogP contribution is -2.40. The number of likely N-dealkylation sites (N-methyl/N-ethyl adjacent to an activating group) is 1. The van der Waals surface area contributed by atoms with Gasteiger partial charge in [-0.05, 0) is 45.6 Å². The lowest BCUT2D eigenvalue weighted by molar-refractivity contribution is 0.115. The minimum atomic E-state index is 0. The normalized spacial score (nSPS) is 14.5. The van der Waals surface area contributed by atoms with E-state index in [4.69, 9.17) is 14.1 Å². The van der Waals surface area contributed by atoms with Gasteiger partial charge in [0.1, 0.15) is 11.5 Å². The number of rotatable bonds is 8. The molecule has 0 saturated heterocycles. The summed E-state index contributed by atoms with van der Waals surface area (Å²) in [6.45, 7) is 10.0. The number of ether oxygens (including phenoxy) is 1. The van der Waals surface area contributed by atoms with E-state index in [0.717, 1.165) is 55.3 Å². The van der Waals surface area contributed by atoms with Crippen molar-refractivity contribution in [3.05, 3.63) is 23.2 Å². The zero-order valence-electron chi connectivity index (χ0n) is 14.7. The Bertz CT molecular complexity index is 498. The topological polar surface area (TPSA) is 50.0 Å². The van der Waals surface area contributed by atoms with Crippen LogP contribution in [-0.2, 0) is 11.3 Å². The molecule has 132 valence electrons. The molecule has 0 aliphatic heterocycles. The molecule has 1 aromatic rings. The monoisotopic (exact) mass is 435 g/mol. The summed E-state index contributed by atoms with van der Waals surface area (Å²) in [6.07, 6.45) is 2.67. The molecule has 1 heterocycles. The molecule has 0 aromatic carbocycles. The van der Waals surface area contributed by atoms with Crippen molar-refractivity contribution in [2.75, 3.05) is 33.4 Å². The first-order valence-corrected chi connectivity index (χ1v) is 8.23. The summed E-state index contributed by atoms with van der Waals surface area (Å²) < 4.78 is 11.3. The zero-order chi connectivity index (χ0) is 15.9. The van der Waals surface area contributed by atoms with Gasteiger partial charge < -0.3 is 19.4 Å². The van der Waals surface area contributed by atoms with E-state index in [9.17, 15) is 0 Å². The highest BCUT2D eigenvalue weighted by atomic mass is 127. The molecule has 2 rings (SSSR count). The van der Waals surface area contributed by atoms with Crippen LogP contribution in [0.4, 0.5) is 0 Å². The molecule has 0 spiro atoms. The second-order valence-corrected chi connectivity index (χ2v) is 6.05. The smallest absolute Gasteiger partial charge is 0.194 e. The first-order valence-electron chi connectivity index (χ1n) is 8.23. The van der Waals surface area contributed by atoms with E-state index in [1.807, 2.05) is 13.8 Å². The van der Waals surface area contributed by atoms with Crippen LogP contribution in [0.15, 0.2) is 15.5 Å². The SMILES string of the molecule is CCNC(=NCc1cc(C)oc1C)N(C)CCOCC1CC1.I. The van der Waals surface area contributed by atoms with Crippen LogP contribution in [-0.4, -0.2) is 44.2 Å². The molecule has 1 saturated carbocycles. The van der Waals surface area contributed by atoms with Crippen molar-refractivity contribution < 1.29 is 9.15 Å². The number of aliphatic imine (C=N–C) groups is 1. The van der Waals surface area contributed by atoms with E-state index >= 15 is 0 Å². The predicted octanol–water partition coefficient (Wildman–Crippen LogP) is 3.34. The number of nitrogens with one attached hydrogen (secondary N) is 1. The fraction of sp³-hybridized carbons (Fsp3) is 0.706. The largest absolute Gasteiger partial charge is 0.466 e. The van der Waals surface area contributed by atoms with Crippen LogP contribution in [0.5, 0.6) is 0 Å². The third kappa shape index (κ3) is 7.12. The average molecular weight is 435 g/mol. The molecule has 1 aliphatic carbocycles. The summed E-state index contributed by atoms with van der Waals surface area (Å²) in [7, 11) is 2.05. The van der Waals surface area contributed by atoms with Gasteiger partial charge in [-0.3, -0.25) is 0 Å². The number of halogens is 1.